The molecule has 1 atom stereocenters. The first-order valence-electron chi connectivity index (χ1n) is 6.47. The number of carboxylic acid groups (broad SMARTS) is 1. The lowest BCUT2D eigenvalue weighted by atomic mass is 10.2. The Bertz CT molecular complexity index is 639. The summed E-state index contributed by atoms with van der Waals surface area (Å²) >= 11 is 1.40. The number of carboxylic acids is 1. The predicted molar refractivity (Wildman–Crippen MR) is 80.6 cm³/mol. The first kappa shape index (κ1) is 15.2. The molecular weight excluding hydrogens is 288 g/mol. The first-order valence-corrected chi connectivity index (χ1v) is 7.35. The van der Waals surface area contributed by atoms with Gasteiger partial charge in [-0.15, -0.1) is 11.3 Å². The second-order valence-electron chi connectivity index (χ2n) is 4.72. The molecule has 1 aromatic heterocycles. The van der Waals surface area contributed by atoms with Crippen molar-refractivity contribution in [2.75, 3.05) is 7.05 Å². The zero-order valence-corrected chi connectivity index (χ0v) is 12.6. The molecule has 0 fully saturated rings. The lowest BCUT2D eigenvalue weighted by Gasteiger charge is -2.20. The van der Waals surface area contributed by atoms with E-state index in [9.17, 15) is 9.59 Å². The number of hydrogen-bond acceptors (Lipinski definition) is 4. The smallest absolute Gasteiger partial charge is 0.326 e. The molecule has 1 N–H and O–H groups in total. The number of likely N-dealkylation sites (N-methyl/N-ethyl adjacent to an activating group) is 1. The summed E-state index contributed by atoms with van der Waals surface area (Å²) < 4.78 is 0. The highest BCUT2D eigenvalue weighted by molar-refractivity contribution is 7.09. The Morgan fingerprint density at radius 2 is 2.00 bits per heavy atom. The minimum Gasteiger partial charge on any atom is -0.480 e. The molecule has 0 aliphatic rings. The highest BCUT2D eigenvalue weighted by Crippen LogP contribution is 2.16. The van der Waals surface area contributed by atoms with Crippen molar-refractivity contribution < 1.29 is 14.7 Å². The number of rotatable bonds is 5. The maximum absolute atomic E-state index is 12.2. The topological polar surface area (TPSA) is 70.5 Å². The Balaban J connectivity index is 2.09. The molecule has 0 aliphatic heterocycles. The molecule has 1 amide bonds. The van der Waals surface area contributed by atoms with Gasteiger partial charge in [-0.3, -0.25) is 4.79 Å². The molecule has 2 rings (SSSR count). The lowest BCUT2D eigenvalue weighted by molar-refractivity contribution is -0.141. The van der Waals surface area contributed by atoms with Gasteiger partial charge in [0.25, 0.3) is 5.91 Å². The fourth-order valence-corrected chi connectivity index (χ4v) is 2.59. The minimum atomic E-state index is -1.04. The van der Waals surface area contributed by atoms with E-state index >= 15 is 0 Å². The standard InChI is InChI=1S/C15H16N2O3S/c1-10(15(19)20)17(2)14(18)12-9-21-13(16-12)8-11-6-4-3-5-7-11/h3-7,9-10H,8H2,1-2H3,(H,19,20). The van der Waals surface area contributed by atoms with Crippen LogP contribution in [-0.4, -0.2) is 40.0 Å². The molecule has 21 heavy (non-hydrogen) atoms. The number of hydrogen-bond donors (Lipinski definition) is 1. The Morgan fingerprint density at radius 3 is 2.62 bits per heavy atom. The Labute approximate surface area is 126 Å². The summed E-state index contributed by atoms with van der Waals surface area (Å²) in [6, 6.07) is 8.98. The molecule has 0 saturated heterocycles. The Morgan fingerprint density at radius 1 is 1.33 bits per heavy atom. The Kier molecular flexibility index (Phi) is 4.70. The third kappa shape index (κ3) is 3.66. The zero-order valence-electron chi connectivity index (χ0n) is 11.8. The average Bonchev–Trinajstić information content (AvgIpc) is 2.94. The molecule has 1 unspecified atom stereocenters. The van der Waals surface area contributed by atoms with Crippen LogP contribution < -0.4 is 0 Å². The van der Waals surface area contributed by atoms with Crippen molar-refractivity contribution in [1.82, 2.24) is 9.88 Å². The van der Waals surface area contributed by atoms with E-state index in [0.717, 1.165) is 10.6 Å². The number of carbonyl (C=O) groups is 2. The highest BCUT2D eigenvalue weighted by atomic mass is 32.1. The van der Waals surface area contributed by atoms with E-state index in [1.807, 2.05) is 30.3 Å². The van der Waals surface area contributed by atoms with Gasteiger partial charge in [-0.25, -0.2) is 9.78 Å². The van der Waals surface area contributed by atoms with Crippen LogP contribution in [0.4, 0.5) is 0 Å². The van der Waals surface area contributed by atoms with Crippen LogP contribution in [0.5, 0.6) is 0 Å². The molecule has 5 nitrogen and oxygen atoms in total. The van der Waals surface area contributed by atoms with Crippen LogP contribution in [0.15, 0.2) is 35.7 Å². The summed E-state index contributed by atoms with van der Waals surface area (Å²) in [4.78, 5) is 28.6. The summed E-state index contributed by atoms with van der Waals surface area (Å²) in [6.45, 7) is 1.47. The maximum Gasteiger partial charge on any atom is 0.326 e. The monoisotopic (exact) mass is 304 g/mol. The number of aliphatic carboxylic acids is 1. The summed E-state index contributed by atoms with van der Waals surface area (Å²) in [6.07, 6.45) is 0.664. The Hall–Kier alpha value is -2.21. The van der Waals surface area contributed by atoms with E-state index in [4.69, 9.17) is 5.11 Å². The van der Waals surface area contributed by atoms with E-state index in [-0.39, 0.29) is 5.91 Å². The van der Waals surface area contributed by atoms with Crippen molar-refractivity contribution >= 4 is 23.2 Å². The maximum atomic E-state index is 12.2. The number of nitrogens with zero attached hydrogens (tertiary/aromatic N) is 2. The van der Waals surface area contributed by atoms with Gasteiger partial charge in [0, 0.05) is 18.8 Å². The van der Waals surface area contributed by atoms with E-state index in [2.05, 4.69) is 4.98 Å². The van der Waals surface area contributed by atoms with Gasteiger partial charge in [-0.1, -0.05) is 30.3 Å². The first-order chi connectivity index (χ1) is 9.99. The van der Waals surface area contributed by atoms with Gasteiger partial charge in [-0.05, 0) is 12.5 Å². The molecule has 1 aromatic carbocycles. The number of aromatic nitrogens is 1. The molecule has 0 bridgehead atoms. The summed E-state index contributed by atoms with van der Waals surface area (Å²) in [5, 5.41) is 11.4. The van der Waals surface area contributed by atoms with Gasteiger partial charge >= 0.3 is 5.97 Å². The van der Waals surface area contributed by atoms with E-state index in [1.54, 1.807) is 5.38 Å². The molecule has 2 aromatic rings. The van der Waals surface area contributed by atoms with Crippen molar-refractivity contribution in [2.45, 2.75) is 19.4 Å². The number of amides is 1. The van der Waals surface area contributed by atoms with Gasteiger partial charge in [0.05, 0.1) is 5.01 Å². The molecule has 0 spiro atoms. The largest absolute Gasteiger partial charge is 0.480 e. The second kappa shape index (κ2) is 6.49. The third-order valence-corrected chi connectivity index (χ3v) is 4.08. The van der Waals surface area contributed by atoms with Crippen LogP contribution in [0.3, 0.4) is 0 Å². The number of carbonyl (C=O) groups excluding carboxylic acids is 1. The van der Waals surface area contributed by atoms with Crippen molar-refractivity contribution in [3.63, 3.8) is 0 Å². The van der Waals surface area contributed by atoms with Crippen molar-refractivity contribution in [3.05, 3.63) is 52.0 Å². The molecule has 6 heteroatoms. The fraction of sp³-hybridized carbons (Fsp3) is 0.267. The van der Waals surface area contributed by atoms with Crippen LogP contribution in [0.2, 0.25) is 0 Å². The molecule has 1 heterocycles. The normalized spacial score (nSPS) is 11.9. The summed E-state index contributed by atoms with van der Waals surface area (Å²) in [7, 11) is 1.47. The third-order valence-electron chi connectivity index (χ3n) is 3.23. The van der Waals surface area contributed by atoms with Crippen LogP contribution in [0, 0.1) is 0 Å². The number of thiazole rings is 1. The molecule has 0 radical (unpaired) electrons. The van der Waals surface area contributed by atoms with Gasteiger partial charge in [0.2, 0.25) is 0 Å². The number of benzene rings is 1. The van der Waals surface area contributed by atoms with Gasteiger partial charge in [-0.2, -0.15) is 0 Å². The SMILES string of the molecule is CC(C(=O)O)N(C)C(=O)c1csc(Cc2ccccc2)n1. The van der Waals surface area contributed by atoms with E-state index < -0.39 is 12.0 Å². The van der Waals surface area contributed by atoms with Crippen molar-refractivity contribution in [2.24, 2.45) is 0 Å². The van der Waals surface area contributed by atoms with Crippen LogP contribution in [0.1, 0.15) is 28.0 Å². The van der Waals surface area contributed by atoms with Crippen LogP contribution in [0.25, 0.3) is 0 Å². The highest BCUT2D eigenvalue weighted by Gasteiger charge is 2.24. The van der Waals surface area contributed by atoms with Gasteiger partial charge in [0.15, 0.2) is 0 Å². The van der Waals surface area contributed by atoms with E-state index in [1.165, 1.54) is 30.2 Å². The van der Waals surface area contributed by atoms with Gasteiger partial charge < -0.3 is 10.0 Å². The van der Waals surface area contributed by atoms with Crippen molar-refractivity contribution in [3.8, 4) is 0 Å². The fourth-order valence-electron chi connectivity index (χ4n) is 1.78. The average molecular weight is 304 g/mol. The predicted octanol–water partition coefficient (Wildman–Crippen LogP) is 2.28. The lowest BCUT2D eigenvalue weighted by Crippen LogP contribution is -2.40. The zero-order chi connectivity index (χ0) is 15.4. The van der Waals surface area contributed by atoms with Crippen LogP contribution >= 0.6 is 11.3 Å². The minimum absolute atomic E-state index is 0.293. The van der Waals surface area contributed by atoms with E-state index in [0.29, 0.717) is 12.1 Å². The molecule has 0 aliphatic carbocycles. The summed E-state index contributed by atoms with van der Waals surface area (Å²) in [5.74, 6) is -1.41. The second-order valence-corrected chi connectivity index (χ2v) is 5.66. The van der Waals surface area contributed by atoms with Gasteiger partial charge in [0.1, 0.15) is 11.7 Å². The quantitative estimate of drug-likeness (QED) is 0.920. The molecular formula is C15H16N2O3S. The van der Waals surface area contributed by atoms with Crippen LogP contribution in [-0.2, 0) is 11.2 Å². The van der Waals surface area contributed by atoms with Crippen molar-refractivity contribution in [1.29, 1.82) is 0 Å². The summed E-state index contributed by atoms with van der Waals surface area (Å²) in [5.41, 5.74) is 1.42. The molecule has 0 saturated carbocycles. The molecule has 110 valence electrons.